The summed E-state index contributed by atoms with van der Waals surface area (Å²) in [6.45, 7) is 20.4. The summed E-state index contributed by atoms with van der Waals surface area (Å²) in [5.74, 6) is 1.99. The standard InChI is InChI=1S/C25H36/c1-17-12-11-13-20-16-23(6)22(5)15-10-9-14-21(22,4)18(2)19(3)25(23,8)24(17,20)7/h9-15,18-20H,16H2,1-8H3. The third kappa shape index (κ3) is 1.47. The molecule has 0 aromatic heterocycles. The molecule has 8 atom stereocenters. The highest BCUT2D eigenvalue weighted by Crippen LogP contribution is 2.83. The Morgan fingerprint density at radius 2 is 1.52 bits per heavy atom. The molecule has 0 bridgehead atoms. The third-order valence-corrected chi connectivity index (χ3v) is 11.0. The van der Waals surface area contributed by atoms with Crippen LogP contribution in [0.3, 0.4) is 0 Å². The Hall–Kier alpha value is -1.04. The quantitative estimate of drug-likeness (QED) is 0.448. The van der Waals surface area contributed by atoms with Crippen molar-refractivity contribution in [2.75, 3.05) is 0 Å². The van der Waals surface area contributed by atoms with Gasteiger partial charge < -0.3 is 0 Å². The van der Waals surface area contributed by atoms with Crippen molar-refractivity contribution in [3.63, 3.8) is 0 Å². The van der Waals surface area contributed by atoms with Gasteiger partial charge in [-0.25, -0.2) is 0 Å². The van der Waals surface area contributed by atoms with Crippen LogP contribution in [0.4, 0.5) is 0 Å². The maximum Gasteiger partial charge on any atom is 0.000890 e. The minimum absolute atomic E-state index is 0.184. The average Bonchev–Trinajstić information content (AvgIpc) is 2.77. The summed E-state index contributed by atoms with van der Waals surface area (Å²) in [7, 11) is 0. The molecule has 25 heavy (non-hydrogen) atoms. The summed E-state index contributed by atoms with van der Waals surface area (Å²) < 4.78 is 0. The zero-order valence-electron chi connectivity index (χ0n) is 17.5. The molecule has 2 saturated carbocycles. The Morgan fingerprint density at radius 3 is 2.20 bits per heavy atom. The first-order valence-electron chi connectivity index (χ1n) is 10.2. The number of allylic oxidation sites excluding steroid dienone is 8. The SMILES string of the molecule is CC1=CC=CC2CC3(C)C4(C)C=CC=CC4(C)C(C)C(C)C3(C)C12C. The smallest absolute Gasteiger partial charge is 0.000890 e. The zero-order valence-corrected chi connectivity index (χ0v) is 17.5. The molecule has 0 aromatic rings. The lowest BCUT2D eigenvalue weighted by molar-refractivity contribution is -0.204. The lowest BCUT2D eigenvalue weighted by Crippen LogP contribution is -2.67. The fourth-order valence-electron chi connectivity index (χ4n) is 8.29. The topological polar surface area (TPSA) is 0 Å². The van der Waals surface area contributed by atoms with E-state index in [1.54, 1.807) is 5.57 Å². The van der Waals surface area contributed by atoms with Gasteiger partial charge in [0.25, 0.3) is 0 Å². The molecule has 136 valence electrons. The summed E-state index contributed by atoms with van der Waals surface area (Å²) in [5.41, 5.74) is 2.80. The molecule has 0 heteroatoms. The first kappa shape index (κ1) is 17.4. The second-order valence-electron chi connectivity index (χ2n) is 10.6. The van der Waals surface area contributed by atoms with Crippen LogP contribution < -0.4 is 0 Å². The number of fused-ring (bicyclic) bond motifs is 5. The largest absolute Gasteiger partial charge is 0.0805 e. The van der Waals surface area contributed by atoms with Crippen LogP contribution in [-0.2, 0) is 0 Å². The van der Waals surface area contributed by atoms with Gasteiger partial charge in [0.2, 0.25) is 0 Å². The predicted molar refractivity (Wildman–Crippen MR) is 108 cm³/mol. The van der Waals surface area contributed by atoms with Crippen LogP contribution in [0.15, 0.2) is 48.1 Å². The van der Waals surface area contributed by atoms with Crippen LogP contribution in [0.5, 0.6) is 0 Å². The van der Waals surface area contributed by atoms with Gasteiger partial charge in [-0.3, -0.25) is 0 Å². The van der Waals surface area contributed by atoms with E-state index in [1.807, 2.05) is 0 Å². The van der Waals surface area contributed by atoms with Crippen LogP contribution in [0, 0.1) is 44.8 Å². The monoisotopic (exact) mass is 336 g/mol. The first-order valence-corrected chi connectivity index (χ1v) is 10.2. The number of hydrogen-bond donors (Lipinski definition) is 0. The Labute approximate surface area is 155 Å². The van der Waals surface area contributed by atoms with E-state index in [4.69, 9.17) is 0 Å². The summed E-state index contributed by atoms with van der Waals surface area (Å²) >= 11 is 0. The number of hydrogen-bond acceptors (Lipinski definition) is 0. The molecule has 4 aliphatic rings. The van der Waals surface area contributed by atoms with Crippen LogP contribution >= 0.6 is 0 Å². The Bertz CT molecular complexity index is 735. The van der Waals surface area contributed by atoms with Gasteiger partial charge in [0.15, 0.2) is 0 Å². The van der Waals surface area contributed by atoms with Crippen molar-refractivity contribution in [1.29, 1.82) is 0 Å². The summed E-state index contributed by atoms with van der Waals surface area (Å²) in [6.07, 6.45) is 18.2. The molecule has 0 nitrogen and oxygen atoms in total. The maximum atomic E-state index is 2.64. The lowest BCUT2D eigenvalue weighted by Gasteiger charge is -2.72. The van der Waals surface area contributed by atoms with Crippen LogP contribution in [-0.4, -0.2) is 0 Å². The molecule has 0 N–H and O–H groups in total. The van der Waals surface area contributed by atoms with Gasteiger partial charge >= 0.3 is 0 Å². The minimum Gasteiger partial charge on any atom is -0.0805 e. The third-order valence-electron chi connectivity index (χ3n) is 11.0. The molecular formula is C25H36. The van der Waals surface area contributed by atoms with E-state index < -0.39 is 0 Å². The maximum absolute atomic E-state index is 2.64. The molecule has 2 fully saturated rings. The molecule has 0 saturated heterocycles. The lowest BCUT2D eigenvalue weighted by atomic mass is 9.32. The van der Waals surface area contributed by atoms with Crippen molar-refractivity contribution in [1.82, 2.24) is 0 Å². The van der Waals surface area contributed by atoms with E-state index >= 15 is 0 Å². The van der Waals surface area contributed by atoms with Gasteiger partial charge in [0, 0.05) is 10.8 Å². The fourth-order valence-corrected chi connectivity index (χ4v) is 8.29. The molecule has 0 aliphatic heterocycles. The predicted octanol–water partition coefficient (Wildman–Crippen LogP) is 6.97. The second-order valence-corrected chi connectivity index (χ2v) is 10.6. The molecule has 8 unspecified atom stereocenters. The van der Waals surface area contributed by atoms with Crippen molar-refractivity contribution in [3.05, 3.63) is 48.1 Å². The first-order chi connectivity index (χ1) is 11.5. The van der Waals surface area contributed by atoms with E-state index in [9.17, 15) is 0 Å². The highest BCUT2D eigenvalue weighted by molar-refractivity contribution is 5.42. The van der Waals surface area contributed by atoms with E-state index in [1.165, 1.54) is 6.42 Å². The molecule has 4 aliphatic carbocycles. The van der Waals surface area contributed by atoms with Crippen LogP contribution in [0.2, 0.25) is 0 Å². The molecule has 4 rings (SSSR count). The summed E-state index contributed by atoms with van der Waals surface area (Å²) in [6, 6.07) is 0. The van der Waals surface area contributed by atoms with E-state index in [2.05, 4.69) is 97.9 Å². The summed E-state index contributed by atoms with van der Waals surface area (Å²) in [4.78, 5) is 0. The fraction of sp³-hybridized carbons (Fsp3) is 0.680. The van der Waals surface area contributed by atoms with Crippen molar-refractivity contribution in [2.45, 2.75) is 61.8 Å². The van der Waals surface area contributed by atoms with Crippen LogP contribution in [0.25, 0.3) is 0 Å². The highest BCUT2D eigenvalue weighted by atomic mass is 14.8. The van der Waals surface area contributed by atoms with Gasteiger partial charge in [0.1, 0.15) is 0 Å². The summed E-state index contributed by atoms with van der Waals surface area (Å²) in [5, 5.41) is 0. The second kappa shape index (κ2) is 4.62. The highest BCUT2D eigenvalue weighted by Gasteiger charge is 2.77. The van der Waals surface area contributed by atoms with Gasteiger partial charge in [0.05, 0.1) is 0 Å². The Kier molecular flexibility index (Phi) is 3.21. The minimum atomic E-state index is 0.184. The van der Waals surface area contributed by atoms with Crippen molar-refractivity contribution in [3.8, 4) is 0 Å². The van der Waals surface area contributed by atoms with E-state index in [0.29, 0.717) is 17.8 Å². The van der Waals surface area contributed by atoms with Gasteiger partial charge in [-0.05, 0) is 47.3 Å². The molecule has 0 aromatic carbocycles. The Morgan fingerprint density at radius 1 is 0.880 bits per heavy atom. The van der Waals surface area contributed by atoms with Gasteiger partial charge in [-0.15, -0.1) is 0 Å². The molecule has 0 heterocycles. The number of rotatable bonds is 0. The molecular weight excluding hydrogens is 300 g/mol. The van der Waals surface area contributed by atoms with Gasteiger partial charge in [-0.1, -0.05) is 96.6 Å². The zero-order chi connectivity index (χ0) is 18.5. The van der Waals surface area contributed by atoms with Crippen molar-refractivity contribution < 1.29 is 0 Å². The van der Waals surface area contributed by atoms with E-state index in [-0.39, 0.29) is 27.1 Å². The average molecular weight is 337 g/mol. The Balaban J connectivity index is 2.04. The molecule has 0 radical (unpaired) electrons. The van der Waals surface area contributed by atoms with Crippen LogP contribution in [0.1, 0.15) is 61.8 Å². The van der Waals surface area contributed by atoms with E-state index in [0.717, 1.165) is 0 Å². The van der Waals surface area contributed by atoms with Crippen molar-refractivity contribution in [2.24, 2.45) is 44.8 Å². The molecule has 0 amide bonds. The molecule has 0 spiro atoms. The van der Waals surface area contributed by atoms with Crippen molar-refractivity contribution >= 4 is 0 Å². The normalized spacial score (nSPS) is 59.2. The van der Waals surface area contributed by atoms with Gasteiger partial charge in [-0.2, -0.15) is 0 Å².